The number of methoxy groups -OCH3 is 1. The minimum absolute atomic E-state index is 0.166. The van der Waals surface area contributed by atoms with Crippen LogP contribution in [-0.2, 0) is 4.74 Å². The van der Waals surface area contributed by atoms with Crippen molar-refractivity contribution in [2.45, 2.75) is 5.25 Å². The summed E-state index contributed by atoms with van der Waals surface area (Å²) in [4.78, 5) is 11.8. The Morgan fingerprint density at radius 2 is 2.12 bits per heavy atom. The van der Waals surface area contributed by atoms with Crippen LogP contribution in [0.25, 0.3) is 0 Å². The van der Waals surface area contributed by atoms with Crippen molar-refractivity contribution in [2.75, 3.05) is 26.1 Å². The zero-order chi connectivity index (χ0) is 11.4. The van der Waals surface area contributed by atoms with Gasteiger partial charge in [0.25, 0.3) is 0 Å². The first-order valence-electron chi connectivity index (χ1n) is 5.16. The number of carbonyl (C=O) groups excluding carboxylic acids is 1. The fourth-order valence-corrected chi connectivity index (χ4v) is 2.30. The molecule has 0 aromatic heterocycles. The monoisotopic (exact) mass is 238 g/mol. The van der Waals surface area contributed by atoms with Gasteiger partial charge in [0.15, 0.2) is 5.78 Å². The molecule has 1 aromatic carbocycles. The summed E-state index contributed by atoms with van der Waals surface area (Å²) in [5, 5.41) is 0.502. The summed E-state index contributed by atoms with van der Waals surface area (Å²) >= 11 is 1.67. The smallest absolute Gasteiger partial charge is 0.172 e. The van der Waals surface area contributed by atoms with Crippen LogP contribution >= 0.6 is 11.8 Å². The highest BCUT2D eigenvalue weighted by molar-refractivity contribution is 8.00. The predicted molar refractivity (Wildman–Crippen MR) is 64.4 cm³/mol. The molecule has 0 unspecified atom stereocenters. The van der Waals surface area contributed by atoms with E-state index >= 15 is 0 Å². The normalized spacial score (nSPS) is 15.6. The molecule has 86 valence electrons. The molecule has 0 spiro atoms. The standard InChI is InChI=1S/C12H14O3S/c1-14-10-4-2-9(3-5-10)12(13)8-16-11-6-15-7-11/h2-5,11H,6-8H2,1H3. The minimum atomic E-state index is 0.166. The lowest BCUT2D eigenvalue weighted by Gasteiger charge is -2.24. The molecule has 0 atom stereocenters. The van der Waals surface area contributed by atoms with Crippen molar-refractivity contribution in [1.29, 1.82) is 0 Å². The summed E-state index contributed by atoms with van der Waals surface area (Å²) in [5.41, 5.74) is 0.744. The van der Waals surface area contributed by atoms with Crippen LogP contribution in [0.15, 0.2) is 24.3 Å². The molecule has 0 saturated carbocycles. The van der Waals surface area contributed by atoms with E-state index in [1.165, 1.54) is 0 Å². The fraction of sp³-hybridized carbons (Fsp3) is 0.417. The topological polar surface area (TPSA) is 35.5 Å². The summed E-state index contributed by atoms with van der Waals surface area (Å²) < 4.78 is 10.1. The number of Topliss-reactive ketones (excluding diaryl/α,β-unsaturated/α-hetero) is 1. The maximum absolute atomic E-state index is 11.8. The minimum Gasteiger partial charge on any atom is -0.497 e. The summed E-state index contributed by atoms with van der Waals surface area (Å²) in [6, 6.07) is 7.23. The van der Waals surface area contributed by atoms with Gasteiger partial charge in [-0.2, -0.15) is 0 Å². The first-order chi connectivity index (χ1) is 7.79. The summed E-state index contributed by atoms with van der Waals surface area (Å²) in [5.74, 6) is 1.47. The Labute approximate surface area is 99.1 Å². The Morgan fingerprint density at radius 1 is 1.44 bits per heavy atom. The molecule has 0 amide bonds. The average molecular weight is 238 g/mol. The van der Waals surface area contributed by atoms with Gasteiger partial charge in [0, 0.05) is 5.56 Å². The second-order valence-electron chi connectivity index (χ2n) is 3.62. The quantitative estimate of drug-likeness (QED) is 0.735. The van der Waals surface area contributed by atoms with Gasteiger partial charge in [0.05, 0.1) is 31.3 Å². The van der Waals surface area contributed by atoms with Gasteiger partial charge in [0.1, 0.15) is 5.75 Å². The molecule has 2 rings (SSSR count). The van der Waals surface area contributed by atoms with Crippen LogP contribution in [0.5, 0.6) is 5.75 Å². The average Bonchev–Trinajstić information content (AvgIpc) is 2.27. The van der Waals surface area contributed by atoms with E-state index in [0.29, 0.717) is 11.0 Å². The molecule has 16 heavy (non-hydrogen) atoms. The molecular weight excluding hydrogens is 224 g/mol. The van der Waals surface area contributed by atoms with Crippen LogP contribution in [0.4, 0.5) is 0 Å². The molecule has 1 heterocycles. The van der Waals surface area contributed by atoms with Crippen molar-refractivity contribution in [3.05, 3.63) is 29.8 Å². The number of benzene rings is 1. The first-order valence-corrected chi connectivity index (χ1v) is 6.21. The lowest BCUT2D eigenvalue weighted by atomic mass is 10.1. The summed E-state index contributed by atoms with van der Waals surface area (Å²) in [6.07, 6.45) is 0. The Kier molecular flexibility index (Phi) is 3.85. The number of hydrogen-bond donors (Lipinski definition) is 0. The fourth-order valence-electron chi connectivity index (χ4n) is 1.36. The maximum atomic E-state index is 11.8. The van der Waals surface area contributed by atoms with E-state index in [9.17, 15) is 4.79 Å². The van der Waals surface area contributed by atoms with Crippen LogP contribution in [0.2, 0.25) is 0 Å². The van der Waals surface area contributed by atoms with Crippen molar-refractivity contribution in [2.24, 2.45) is 0 Å². The van der Waals surface area contributed by atoms with Gasteiger partial charge in [-0.1, -0.05) is 0 Å². The number of rotatable bonds is 5. The number of ketones is 1. The molecule has 3 nitrogen and oxygen atoms in total. The Balaban J connectivity index is 1.86. The van der Waals surface area contributed by atoms with Crippen molar-refractivity contribution in [3.8, 4) is 5.75 Å². The van der Waals surface area contributed by atoms with Crippen molar-refractivity contribution >= 4 is 17.5 Å². The van der Waals surface area contributed by atoms with Gasteiger partial charge in [-0.05, 0) is 24.3 Å². The van der Waals surface area contributed by atoms with Crippen LogP contribution < -0.4 is 4.74 Å². The molecule has 1 fully saturated rings. The lowest BCUT2D eigenvalue weighted by molar-refractivity contribution is 0.0455. The van der Waals surface area contributed by atoms with Crippen molar-refractivity contribution in [1.82, 2.24) is 0 Å². The van der Waals surface area contributed by atoms with E-state index in [-0.39, 0.29) is 5.78 Å². The third-order valence-electron chi connectivity index (χ3n) is 2.47. The molecule has 0 radical (unpaired) electrons. The number of carbonyl (C=O) groups is 1. The van der Waals surface area contributed by atoms with E-state index in [2.05, 4.69) is 0 Å². The van der Waals surface area contributed by atoms with Gasteiger partial charge in [0.2, 0.25) is 0 Å². The number of hydrogen-bond acceptors (Lipinski definition) is 4. The van der Waals surface area contributed by atoms with Crippen LogP contribution in [0.3, 0.4) is 0 Å². The van der Waals surface area contributed by atoms with E-state index in [1.807, 2.05) is 12.1 Å². The molecule has 1 aliphatic rings. The second-order valence-corrected chi connectivity index (χ2v) is 4.91. The highest BCUT2D eigenvalue weighted by Crippen LogP contribution is 2.20. The number of ether oxygens (including phenoxy) is 2. The molecule has 0 N–H and O–H groups in total. The third-order valence-corrected chi connectivity index (χ3v) is 3.64. The van der Waals surface area contributed by atoms with Crippen molar-refractivity contribution < 1.29 is 14.3 Å². The van der Waals surface area contributed by atoms with Gasteiger partial charge >= 0.3 is 0 Å². The summed E-state index contributed by atoms with van der Waals surface area (Å²) in [6.45, 7) is 1.56. The second kappa shape index (κ2) is 5.37. The molecule has 1 saturated heterocycles. The van der Waals surface area contributed by atoms with Gasteiger partial charge in [-0.3, -0.25) is 4.79 Å². The Morgan fingerprint density at radius 3 is 2.62 bits per heavy atom. The first kappa shape index (κ1) is 11.5. The molecule has 4 heteroatoms. The van der Waals surface area contributed by atoms with Crippen LogP contribution in [0, 0.1) is 0 Å². The summed E-state index contributed by atoms with van der Waals surface area (Å²) in [7, 11) is 1.61. The van der Waals surface area contributed by atoms with E-state index in [0.717, 1.165) is 24.5 Å². The van der Waals surface area contributed by atoms with E-state index in [4.69, 9.17) is 9.47 Å². The Hall–Kier alpha value is -1.00. The predicted octanol–water partition coefficient (Wildman–Crippen LogP) is 2.01. The molecule has 0 aliphatic carbocycles. The van der Waals surface area contributed by atoms with E-state index < -0.39 is 0 Å². The Bertz CT molecular complexity index is 357. The third kappa shape index (κ3) is 2.77. The largest absolute Gasteiger partial charge is 0.497 e. The highest BCUT2D eigenvalue weighted by atomic mass is 32.2. The highest BCUT2D eigenvalue weighted by Gasteiger charge is 2.20. The molecule has 0 bridgehead atoms. The van der Waals surface area contributed by atoms with Gasteiger partial charge in [-0.25, -0.2) is 0 Å². The zero-order valence-electron chi connectivity index (χ0n) is 9.14. The molecule has 1 aromatic rings. The SMILES string of the molecule is COc1ccc(C(=O)CSC2COC2)cc1. The lowest BCUT2D eigenvalue weighted by Crippen LogP contribution is -2.31. The van der Waals surface area contributed by atoms with E-state index in [1.54, 1.807) is 31.0 Å². The van der Waals surface area contributed by atoms with Gasteiger partial charge in [-0.15, -0.1) is 11.8 Å². The molecule has 1 aliphatic heterocycles. The van der Waals surface area contributed by atoms with Crippen LogP contribution in [0.1, 0.15) is 10.4 Å². The maximum Gasteiger partial charge on any atom is 0.172 e. The van der Waals surface area contributed by atoms with Crippen molar-refractivity contribution in [3.63, 3.8) is 0 Å². The number of thioether (sulfide) groups is 1. The molecular formula is C12H14O3S. The van der Waals surface area contributed by atoms with Gasteiger partial charge < -0.3 is 9.47 Å². The zero-order valence-corrected chi connectivity index (χ0v) is 9.96. The van der Waals surface area contributed by atoms with Crippen LogP contribution in [-0.4, -0.2) is 37.1 Å².